The molecule has 2 heterocycles. The quantitative estimate of drug-likeness (QED) is 0.806. The van der Waals surface area contributed by atoms with Gasteiger partial charge < -0.3 is 9.64 Å². The lowest BCUT2D eigenvalue weighted by Crippen LogP contribution is -2.16. The van der Waals surface area contributed by atoms with E-state index < -0.39 is 0 Å². The highest BCUT2D eigenvalue weighted by atomic mass is 32.1. The van der Waals surface area contributed by atoms with Gasteiger partial charge in [-0.3, -0.25) is 0 Å². The van der Waals surface area contributed by atoms with E-state index in [1.165, 1.54) is 18.4 Å². The first-order valence-electron chi connectivity index (χ1n) is 5.25. The van der Waals surface area contributed by atoms with Gasteiger partial charge in [0.25, 0.3) is 0 Å². The molecule has 0 fully saturated rings. The Hall–Kier alpha value is -1.47. The van der Waals surface area contributed by atoms with Gasteiger partial charge in [-0.1, -0.05) is 11.3 Å². The Kier molecular flexibility index (Phi) is 3.93. The maximum absolute atomic E-state index is 11.5. The summed E-state index contributed by atoms with van der Waals surface area (Å²) in [6, 6.07) is 0. The van der Waals surface area contributed by atoms with Crippen molar-refractivity contribution >= 4 is 33.8 Å². The van der Waals surface area contributed by atoms with Gasteiger partial charge in [-0.05, 0) is 6.92 Å². The number of carbonyl (C=O) groups excluding carboxylic acids is 1. The van der Waals surface area contributed by atoms with Crippen LogP contribution in [0.1, 0.15) is 21.1 Å². The van der Waals surface area contributed by atoms with Gasteiger partial charge >= 0.3 is 5.97 Å². The van der Waals surface area contributed by atoms with Crippen LogP contribution in [0.5, 0.6) is 0 Å². The average Bonchev–Trinajstić information content (AvgIpc) is 2.97. The highest BCUT2D eigenvalue weighted by Crippen LogP contribution is 2.26. The zero-order chi connectivity index (χ0) is 13.1. The summed E-state index contributed by atoms with van der Waals surface area (Å²) in [6.45, 7) is 2.49. The molecule has 0 atom stereocenters. The molecule has 2 rings (SSSR count). The Balaban J connectivity index is 2.16. The minimum atomic E-state index is -0.335. The number of ether oxygens (including phenoxy) is 1. The third kappa shape index (κ3) is 2.68. The van der Waals surface area contributed by atoms with E-state index in [0.29, 0.717) is 17.1 Å². The van der Waals surface area contributed by atoms with Gasteiger partial charge in [-0.15, -0.1) is 11.3 Å². The Morgan fingerprint density at radius 1 is 1.56 bits per heavy atom. The van der Waals surface area contributed by atoms with Gasteiger partial charge in [0.15, 0.2) is 5.13 Å². The van der Waals surface area contributed by atoms with Gasteiger partial charge in [0, 0.05) is 12.4 Å². The van der Waals surface area contributed by atoms with E-state index in [0.717, 1.165) is 10.8 Å². The molecule has 0 spiro atoms. The molecule has 0 aromatic carbocycles. The summed E-state index contributed by atoms with van der Waals surface area (Å²) in [5, 5.41) is 2.79. The number of nitrogens with zero attached hydrogens (tertiary/aromatic N) is 3. The lowest BCUT2D eigenvalue weighted by Gasteiger charge is -2.13. The number of aromatic nitrogens is 2. The van der Waals surface area contributed by atoms with Crippen LogP contribution in [0.3, 0.4) is 0 Å². The summed E-state index contributed by atoms with van der Waals surface area (Å²) >= 11 is 2.90. The Morgan fingerprint density at radius 2 is 2.33 bits per heavy atom. The zero-order valence-electron chi connectivity index (χ0n) is 10.3. The van der Waals surface area contributed by atoms with Crippen molar-refractivity contribution in [2.24, 2.45) is 0 Å². The summed E-state index contributed by atoms with van der Waals surface area (Å²) in [4.78, 5) is 22.6. The fourth-order valence-corrected chi connectivity index (χ4v) is 2.95. The number of hydrogen-bond acceptors (Lipinski definition) is 7. The zero-order valence-corrected chi connectivity index (χ0v) is 12.0. The number of anilines is 1. The smallest absolute Gasteiger partial charge is 0.350 e. The van der Waals surface area contributed by atoms with Crippen molar-refractivity contribution in [1.82, 2.24) is 9.97 Å². The van der Waals surface area contributed by atoms with Crippen LogP contribution >= 0.6 is 22.7 Å². The van der Waals surface area contributed by atoms with Crippen LogP contribution in [0.2, 0.25) is 0 Å². The normalized spacial score (nSPS) is 10.4. The van der Waals surface area contributed by atoms with Crippen molar-refractivity contribution in [1.29, 1.82) is 0 Å². The van der Waals surface area contributed by atoms with Crippen LogP contribution in [0, 0.1) is 6.92 Å². The van der Waals surface area contributed by atoms with Gasteiger partial charge in [0.05, 0.1) is 30.6 Å². The summed E-state index contributed by atoms with van der Waals surface area (Å²) in [6.07, 6.45) is 0. The number of carbonyl (C=O) groups is 1. The lowest BCUT2D eigenvalue weighted by atomic mass is 10.4. The Bertz CT molecular complexity index is 536. The third-order valence-electron chi connectivity index (χ3n) is 2.37. The molecule has 5 nitrogen and oxygen atoms in total. The molecule has 0 saturated carbocycles. The number of esters is 1. The van der Waals surface area contributed by atoms with Crippen molar-refractivity contribution in [3.63, 3.8) is 0 Å². The molecule has 7 heteroatoms. The third-order valence-corrected chi connectivity index (χ3v) is 4.25. The van der Waals surface area contributed by atoms with Crippen molar-refractivity contribution in [2.45, 2.75) is 13.5 Å². The highest BCUT2D eigenvalue weighted by molar-refractivity contribution is 7.17. The predicted molar refractivity (Wildman–Crippen MR) is 72.4 cm³/mol. The van der Waals surface area contributed by atoms with Crippen LogP contribution < -0.4 is 4.90 Å². The molecule has 0 radical (unpaired) electrons. The van der Waals surface area contributed by atoms with Gasteiger partial charge in [-0.2, -0.15) is 0 Å². The summed E-state index contributed by atoms with van der Waals surface area (Å²) in [5.41, 5.74) is 3.50. The monoisotopic (exact) mass is 283 g/mol. The standard InChI is InChI=1S/C11H13N3O2S2/c1-7-9(10(15)16-3)18-11(13-7)14(2)4-8-5-17-6-12-8/h5-6H,4H2,1-3H3. The first-order valence-corrected chi connectivity index (χ1v) is 7.01. The Morgan fingerprint density at radius 3 is 2.94 bits per heavy atom. The molecule has 0 unspecified atom stereocenters. The minimum Gasteiger partial charge on any atom is -0.465 e. The maximum atomic E-state index is 11.5. The van der Waals surface area contributed by atoms with Crippen LogP contribution in [0.15, 0.2) is 10.9 Å². The lowest BCUT2D eigenvalue weighted by molar-refractivity contribution is 0.0605. The molecule has 2 aromatic rings. The van der Waals surface area contributed by atoms with Crippen LogP contribution in [-0.4, -0.2) is 30.1 Å². The van der Waals surface area contributed by atoms with E-state index >= 15 is 0 Å². The molecule has 0 aliphatic carbocycles. The number of rotatable bonds is 4. The summed E-state index contributed by atoms with van der Waals surface area (Å²) in [5.74, 6) is -0.335. The van der Waals surface area contributed by atoms with Crippen molar-refractivity contribution < 1.29 is 9.53 Å². The molecular formula is C11H13N3O2S2. The topological polar surface area (TPSA) is 55.3 Å². The Labute approximate surface area is 113 Å². The molecule has 96 valence electrons. The van der Waals surface area contributed by atoms with Crippen molar-refractivity contribution in [3.8, 4) is 0 Å². The van der Waals surface area contributed by atoms with Crippen LogP contribution in [-0.2, 0) is 11.3 Å². The van der Waals surface area contributed by atoms with E-state index in [9.17, 15) is 4.79 Å². The summed E-state index contributed by atoms with van der Waals surface area (Å²) < 4.78 is 4.72. The number of thiazole rings is 2. The molecule has 0 N–H and O–H groups in total. The van der Waals surface area contributed by atoms with Crippen LogP contribution in [0.4, 0.5) is 5.13 Å². The second-order valence-corrected chi connectivity index (χ2v) is 5.43. The molecule has 0 amide bonds. The highest BCUT2D eigenvalue weighted by Gasteiger charge is 2.17. The predicted octanol–water partition coefficient (Wildman–Crippen LogP) is 2.33. The van der Waals surface area contributed by atoms with E-state index in [2.05, 4.69) is 9.97 Å². The fraction of sp³-hybridized carbons (Fsp3) is 0.364. The van der Waals surface area contributed by atoms with E-state index in [-0.39, 0.29) is 5.97 Å². The summed E-state index contributed by atoms with van der Waals surface area (Å²) in [7, 11) is 3.30. The first-order chi connectivity index (χ1) is 8.61. The molecule has 0 bridgehead atoms. The molecule has 2 aromatic heterocycles. The fourth-order valence-electron chi connectivity index (χ4n) is 1.45. The van der Waals surface area contributed by atoms with Crippen molar-refractivity contribution in [3.05, 3.63) is 27.2 Å². The van der Waals surface area contributed by atoms with E-state index in [4.69, 9.17) is 4.74 Å². The van der Waals surface area contributed by atoms with Gasteiger partial charge in [-0.25, -0.2) is 14.8 Å². The van der Waals surface area contributed by atoms with E-state index in [1.54, 1.807) is 16.8 Å². The SMILES string of the molecule is COC(=O)c1sc(N(C)Cc2cscn2)nc1C. The number of aryl methyl sites for hydroxylation is 1. The second-order valence-electron chi connectivity index (χ2n) is 3.74. The number of hydrogen-bond donors (Lipinski definition) is 0. The molecule has 0 aliphatic rings. The maximum Gasteiger partial charge on any atom is 0.350 e. The molecular weight excluding hydrogens is 270 g/mol. The van der Waals surface area contributed by atoms with E-state index in [1.807, 2.05) is 24.3 Å². The largest absolute Gasteiger partial charge is 0.465 e. The molecule has 18 heavy (non-hydrogen) atoms. The van der Waals surface area contributed by atoms with Crippen LogP contribution in [0.25, 0.3) is 0 Å². The number of methoxy groups -OCH3 is 1. The second kappa shape index (κ2) is 5.45. The van der Waals surface area contributed by atoms with Crippen molar-refractivity contribution in [2.75, 3.05) is 19.1 Å². The average molecular weight is 283 g/mol. The first kappa shape index (κ1) is 13.0. The molecule has 0 saturated heterocycles. The van der Waals surface area contributed by atoms with Gasteiger partial charge in [0.2, 0.25) is 0 Å². The molecule has 0 aliphatic heterocycles. The minimum absolute atomic E-state index is 0.335. The van der Waals surface area contributed by atoms with Gasteiger partial charge in [0.1, 0.15) is 4.88 Å².